The van der Waals surface area contributed by atoms with Gasteiger partial charge in [-0.25, -0.2) is 21.8 Å². The maximum atomic E-state index is 12.4. The minimum absolute atomic E-state index is 0.0191. The Morgan fingerprint density at radius 1 is 0.875 bits per heavy atom. The van der Waals surface area contributed by atoms with Gasteiger partial charge in [0.15, 0.2) is 11.5 Å². The molecule has 0 bridgehead atoms. The van der Waals surface area contributed by atoms with E-state index in [0.29, 0.717) is 18.1 Å². The van der Waals surface area contributed by atoms with E-state index in [0.717, 1.165) is 11.1 Å². The molecule has 1 heterocycles. The number of carbonyl (C=O) groups is 2. The lowest BCUT2D eigenvalue weighted by Crippen LogP contribution is -2.47. The van der Waals surface area contributed by atoms with Crippen LogP contribution in [0.15, 0.2) is 72.9 Å². The molecular formula is C23H21N5O4. The summed E-state index contributed by atoms with van der Waals surface area (Å²) < 4.78 is 11.8. The maximum absolute atomic E-state index is 12.4. The van der Waals surface area contributed by atoms with Crippen LogP contribution in [0.25, 0.3) is 4.85 Å². The summed E-state index contributed by atoms with van der Waals surface area (Å²) in [6.45, 7) is 7.01. The van der Waals surface area contributed by atoms with Gasteiger partial charge in [-0.05, 0) is 11.1 Å². The van der Waals surface area contributed by atoms with Crippen LogP contribution in [0.5, 0.6) is 11.5 Å². The van der Waals surface area contributed by atoms with E-state index in [2.05, 4.69) is 26.0 Å². The van der Waals surface area contributed by atoms with Gasteiger partial charge in [-0.1, -0.05) is 60.7 Å². The van der Waals surface area contributed by atoms with Gasteiger partial charge in [-0.3, -0.25) is 20.4 Å². The molecule has 3 N–H and O–H groups in total. The highest BCUT2D eigenvalue weighted by molar-refractivity contribution is 5.94. The number of hydrogen-bond acceptors (Lipinski definition) is 5. The van der Waals surface area contributed by atoms with Crippen molar-refractivity contribution in [2.75, 3.05) is 6.67 Å². The monoisotopic (exact) mass is 431 g/mol. The maximum Gasteiger partial charge on any atom is 0.339 e. The van der Waals surface area contributed by atoms with Gasteiger partial charge in [0.05, 0.1) is 6.20 Å². The largest absolute Gasteiger partial charge is 0.485 e. The highest BCUT2D eigenvalue weighted by atomic mass is 16.5. The van der Waals surface area contributed by atoms with Gasteiger partial charge in [0.2, 0.25) is 0 Å². The first-order valence-electron chi connectivity index (χ1n) is 9.66. The first kappa shape index (κ1) is 22.1. The van der Waals surface area contributed by atoms with Gasteiger partial charge in [-0.2, -0.15) is 0 Å². The molecule has 0 saturated carbocycles. The van der Waals surface area contributed by atoms with E-state index in [1.54, 1.807) is 0 Å². The third-order valence-electron chi connectivity index (χ3n) is 4.15. The first-order valence-corrected chi connectivity index (χ1v) is 9.66. The van der Waals surface area contributed by atoms with Gasteiger partial charge in [0.25, 0.3) is 12.6 Å². The van der Waals surface area contributed by atoms with E-state index in [4.69, 9.17) is 16.0 Å². The molecule has 162 valence electrons. The van der Waals surface area contributed by atoms with Gasteiger partial charge >= 0.3 is 6.03 Å². The number of hydrazine groups is 1. The Morgan fingerprint density at radius 3 is 2.06 bits per heavy atom. The van der Waals surface area contributed by atoms with E-state index in [-0.39, 0.29) is 19.0 Å². The summed E-state index contributed by atoms with van der Waals surface area (Å²) in [5.41, 5.74) is 6.31. The molecule has 9 nitrogen and oxygen atoms in total. The lowest BCUT2D eigenvalue weighted by atomic mass is 10.2. The molecule has 32 heavy (non-hydrogen) atoms. The Labute approximate surface area is 185 Å². The molecule has 3 aromatic rings. The molecule has 0 aliphatic heterocycles. The molecule has 3 amide bonds. The predicted octanol–water partition coefficient (Wildman–Crippen LogP) is 3.06. The van der Waals surface area contributed by atoms with Gasteiger partial charge in [0.1, 0.15) is 18.9 Å². The average Bonchev–Trinajstić information content (AvgIpc) is 2.85. The standard InChI is InChI=1S/C23H21N5O4/c1-24-16-26-23(30)28-27-22(29)19-12-20(31-14-17-8-4-2-5-9-17)21(13-25-19)32-15-18-10-6-3-7-11-18/h2-13H,14-16H2,(H,27,29)(H2,26,28,30). The van der Waals surface area contributed by atoms with Crippen molar-refractivity contribution in [3.63, 3.8) is 0 Å². The number of rotatable bonds is 8. The zero-order chi connectivity index (χ0) is 22.6. The van der Waals surface area contributed by atoms with Crippen LogP contribution in [0.2, 0.25) is 0 Å². The number of ether oxygens (including phenoxy) is 2. The second-order valence-corrected chi connectivity index (χ2v) is 6.47. The van der Waals surface area contributed by atoms with Crippen LogP contribution in [-0.2, 0) is 13.2 Å². The van der Waals surface area contributed by atoms with E-state index in [9.17, 15) is 9.59 Å². The van der Waals surface area contributed by atoms with Gasteiger partial charge in [0, 0.05) is 6.07 Å². The fourth-order valence-corrected chi connectivity index (χ4v) is 2.57. The van der Waals surface area contributed by atoms with E-state index < -0.39 is 11.9 Å². The second kappa shape index (κ2) is 11.6. The van der Waals surface area contributed by atoms with Crippen LogP contribution in [-0.4, -0.2) is 23.6 Å². The summed E-state index contributed by atoms with van der Waals surface area (Å²) >= 11 is 0. The number of aromatic nitrogens is 1. The van der Waals surface area contributed by atoms with E-state index >= 15 is 0 Å². The van der Waals surface area contributed by atoms with Crippen LogP contribution in [0.4, 0.5) is 4.79 Å². The fraction of sp³-hybridized carbons (Fsp3) is 0.130. The van der Waals surface area contributed by atoms with Crippen LogP contribution < -0.4 is 25.6 Å². The highest BCUT2D eigenvalue weighted by Gasteiger charge is 2.15. The lowest BCUT2D eigenvalue weighted by Gasteiger charge is -2.14. The van der Waals surface area contributed by atoms with Crippen molar-refractivity contribution in [2.24, 2.45) is 0 Å². The summed E-state index contributed by atoms with van der Waals surface area (Å²) in [6, 6.07) is 19.9. The van der Waals surface area contributed by atoms with Crippen molar-refractivity contribution in [1.29, 1.82) is 0 Å². The molecule has 0 fully saturated rings. The summed E-state index contributed by atoms with van der Waals surface area (Å²) in [5, 5.41) is 2.25. The highest BCUT2D eigenvalue weighted by Crippen LogP contribution is 2.28. The molecular weight excluding hydrogens is 410 g/mol. The van der Waals surface area contributed by atoms with Crippen molar-refractivity contribution >= 4 is 11.9 Å². The number of nitrogens with zero attached hydrogens (tertiary/aromatic N) is 2. The SMILES string of the molecule is [C-]#[N+]CNC(=O)NNC(=O)c1cc(OCc2ccccc2)c(OCc2ccccc2)cn1. The molecule has 2 aromatic carbocycles. The number of benzene rings is 2. The van der Waals surface area contributed by atoms with Crippen LogP contribution in [0, 0.1) is 6.57 Å². The summed E-state index contributed by atoms with van der Waals surface area (Å²) in [4.78, 5) is 31.0. The molecule has 1 aromatic heterocycles. The van der Waals surface area contributed by atoms with Crippen molar-refractivity contribution in [3.8, 4) is 11.5 Å². The van der Waals surface area contributed by atoms with Crippen molar-refractivity contribution in [2.45, 2.75) is 13.2 Å². The Hall–Kier alpha value is -4.58. The minimum atomic E-state index is -0.710. The number of amides is 3. The molecule has 3 rings (SSSR count). The van der Waals surface area contributed by atoms with Crippen LogP contribution in [0.3, 0.4) is 0 Å². The second-order valence-electron chi connectivity index (χ2n) is 6.47. The van der Waals surface area contributed by atoms with E-state index in [1.807, 2.05) is 60.7 Å². The summed E-state index contributed by atoms with van der Waals surface area (Å²) in [5.74, 6) is 0.0635. The minimum Gasteiger partial charge on any atom is -0.485 e. The Kier molecular flexibility index (Phi) is 7.99. The predicted molar refractivity (Wildman–Crippen MR) is 116 cm³/mol. The topological polar surface area (TPSA) is 106 Å². The van der Waals surface area contributed by atoms with Crippen LogP contribution >= 0.6 is 0 Å². The number of urea groups is 1. The molecule has 0 spiro atoms. The van der Waals surface area contributed by atoms with E-state index in [1.165, 1.54) is 12.3 Å². The summed E-state index contributed by atoms with van der Waals surface area (Å²) in [6.07, 6.45) is 1.40. The third-order valence-corrected chi connectivity index (χ3v) is 4.15. The Morgan fingerprint density at radius 2 is 1.47 bits per heavy atom. The number of hydrogen-bond donors (Lipinski definition) is 3. The Bertz CT molecular complexity index is 1080. The fourth-order valence-electron chi connectivity index (χ4n) is 2.57. The van der Waals surface area contributed by atoms with Crippen LogP contribution in [0.1, 0.15) is 21.6 Å². The van der Waals surface area contributed by atoms with Gasteiger partial charge in [-0.15, -0.1) is 0 Å². The average molecular weight is 431 g/mol. The van der Waals surface area contributed by atoms with Gasteiger partial charge < -0.3 is 9.47 Å². The molecule has 0 aliphatic rings. The lowest BCUT2D eigenvalue weighted by molar-refractivity contribution is 0.0930. The van der Waals surface area contributed by atoms with Crippen molar-refractivity contribution in [3.05, 3.63) is 101 Å². The quantitative estimate of drug-likeness (QED) is 0.376. The molecule has 0 unspecified atom stereocenters. The first-order chi connectivity index (χ1) is 15.7. The number of pyridine rings is 1. The zero-order valence-electron chi connectivity index (χ0n) is 17.1. The molecule has 0 aliphatic carbocycles. The number of carbonyl (C=O) groups excluding carboxylic acids is 2. The molecule has 9 heteroatoms. The normalized spacial score (nSPS) is 9.84. The molecule has 0 saturated heterocycles. The Balaban J connectivity index is 1.71. The van der Waals surface area contributed by atoms with Crippen molar-refractivity contribution < 1.29 is 19.1 Å². The smallest absolute Gasteiger partial charge is 0.339 e. The number of nitrogens with one attached hydrogen (secondary N) is 3. The zero-order valence-corrected chi connectivity index (χ0v) is 17.1. The van der Waals surface area contributed by atoms with Crippen molar-refractivity contribution in [1.82, 2.24) is 21.2 Å². The molecule has 0 radical (unpaired) electrons. The third kappa shape index (κ3) is 6.74. The summed E-state index contributed by atoms with van der Waals surface area (Å²) in [7, 11) is 0. The molecule has 0 atom stereocenters.